The monoisotopic (exact) mass is 350 g/mol. The number of rotatable bonds is 3. The molecule has 134 valence electrons. The van der Waals surface area contributed by atoms with E-state index in [1.54, 1.807) is 19.2 Å². The van der Waals surface area contributed by atoms with E-state index in [1.165, 1.54) is 12.5 Å². The van der Waals surface area contributed by atoms with E-state index < -0.39 is 0 Å². The number of benzene rings is 2. The summed E-state index contributed by atoms with van der Waals surface area (Å²) >= 11 is 0. The maximum Gasteiger partial charge on any atom is 0.221 e. The number of aromatic hydroxyl groups is 1. The van der Waals surface area contributed by atoms with E-state index >= 15 is 0 Å². The Labute approximate surface area is 152 Å². The van der Waals surface area contributed by atoms with Crippen LogP contribution in [-0.2, 0) is 4.79 Å². The molecule has 3 N–H and O–H groups in total. The zero-order chi connectivity index (χ0) is 18.3. The molecule has 5 heteroatoms. The van der Waals surface area contributed by atoms with E-state index in [2.05, 4.69) is 28.9 Å². The van der Waals surface area contributed by atoms with Crippen molar-refractivity contribution in [2.45, 2.75) is 25.3 Å². The van der Waals surface area contributed by atoms with Gasteiger partial charge >= 0.3 is 0 Å². The third-order valence-corrected chi connectivity index (χ3v) is 5.25. The van der Waals surface area contributed by atoms with E-state index in [0.29, 0.717) is 11.7 Å². The average molecular weight is 350 g/mol. The Balaban J connectivity index is 1.71. The first-order valence-electron chi connectivity index (χ1n) is 8.78. The highest BCUT2D eigenvalue weighted by atomic mass is 16.5. The van der Waals surface area contributed by atoms with Gasteiger partial charge in [-0.05, 0) is 53.8 Å². The molecule has 1 aliphatic carbocycles. The first-order chi connectivity index (χ1) is 12.6. The fourth-order valence-electron chi connectivity index (χ4n) is 4.11. The molecule has 0 spiro atoms. The molecule has 1 amide bonds. The molecular formula is C21H22N2O3. The lowest BCUT2D eigenvalue weighted by atomic mass is 9.77. The Morgan fingerprint density at radius 3 is 2.85 bits per heavy atom. The summed E-state index contributed by atoms with van der Waals surface area (Å²) in [5, 5.41) is 16.7. The molecular weight excluding hydrogens is 328 g/mol. The van der Waals surface area contributed by atoms with Crippen LogP contribution in [0.25, 0.3) is 0 Å². The molecule has 3 unspecified atom stereocenters. The van der Waals surface area contributed by atoms with Crippen LogP contribution in [0.5, 0.6) is 11.5 Å². The highest BCUT2D eigenvalue weighted by Crippen LogP contribution is 2.50. The maximum absolute atomic E-state index is 11.4. The van der Waals surface area contributed by atoms with E-state index in [1.807, 2.05) is 18.2 Å². The summed E-state index contributed by atoms with van der Waals surface area (Å²) in [5.74, 6) is 1.21. The summed E-state index contributed by atoms with van der Waals surface area (Å²) in [6.07, 6.45) is 5.44. The molecule has 1 aliphatic heterocycles. The lowest BCUT2D eigenvalue weighted by Gasteiger charge is -2.37. The van der Waals surface area contributed by atoms with Crippen LogP contribution < -0.4 is 15.4 Å². The van der Waals surface area contributed by atoms with Gasteiger partial charge in [0.1, 0.15) is 0 Å². The zero-order valence-corrected chi connectivity index (χ0v) is 14.8. The Hall–Kier alpha value is -2.95. The summed E-state index contributed by atoms with van der Waals surface area (Å²) in [7, 11) is 1.55. The number of anilines is 2. The second-order valence-electron chi connectivity index (χ2n) is 6.89. The number of hydrogen-bond donors (Lipinski definition) is 3. The van der Waals surface area contributed by atoms with Crippen molar-refractivity contribution in [2.24, 2.45) is 5.92 Å². The van der Waals surface area contributed by atoms with Crippen LogP contribution in [0.1, 0.15) is 36.4 Å². The number of hydrogen-bond acceptors (Lipinski definition) is 4. The zero-order valence-electron chi connectivity index (χ0n) is 14.8. The van der Waals surface area contributed by atoms with Crippen molar-refractivity contribution in [3.63, 3.8) is 0 Å². The molecule has 0 fully saturated rings. The third-order valence-electron chi connectivity index (χ3n) is 5.25. The number of nitrogens with one attached hydrogen (secondary N) is 2. The summed E-state index contributed by atoms with van der Waals surface area (Å²) in [5.41, 5.74) is 4.12. The van der Waals surface area contributed by atoms with E-state index in [0.717, 1.165) is 23.4 Å². The predicted molar refractivity (Wildman–Crippen MR) is 102 cm³/mol. The molecule has 0 bridgehead atoms. The highest BCUT2D eigenvalue weighted by molar-refractivity contribution is 5.89. The Bertz CT molecular complexity index is 891. The number of amides is 1. The number of ether oxygens (including phenoxy) is 1. The molecule has 4 rings (SSSR count). The number of methoxy groups -OCH3 is 1. The van der Waals surface area contributed by atoms with E-state index in [-0.39, 0.29) is 23.6 Å². The average Bonchev–Trinajstić information content (AvgIpc) is 3.10. The van der Waals surface area contributed by atoms with Crippen LogP contribution in [0.2, 0.25) is 0 Å². The lowest BCUT2D eigenvalue weighted by Crippen LogP contribution is -2.29. The Kier molecular flexibility index (Phi) is 4.07. The molecule has 26 heavy (non-hydrogen) atoms. The molecule has 2 aromatic carbocycles. The minimum Gasteiger partial charge on any atom is -0.504 e. The van der Waals surface area contributed by atoms with Gasteiger partial charge in [0.05, 0.1) is 13.2 Å². The van der Waals surface area contributed by atoms with Gasteiger partial charge in [-0.15, -0.1) is 0 Å². The molecule has 3 atom stereocenters. The van der Waals surface area contributed by atoms with Gasteiger partial charge in [-0.1, -0.05) is 18.2 Å². The van der Waals surface area contributed by atoms with Crippen LogP contribution >= 0.6 is 0 Å². The molecule has 1 heterocycles. The highest BCUT2D eigenvalue weighted by Gasteiger charge is 2.38. The quantitative estimate of drug-likeness (QED) is 0.726. The second kappa shape index (κ2) is 6.41. The first-order valence-corrected chi connectivity index (χ1v) is 8.78. The van der Waals surface area contributed by atoms with Crippen molar-refractivity contribution in [3.8, 4) is 11.5 Å². The predicted octanol–water partition coefficient (Wildman–Crippen LogP) is 4.19. The van der Waals surface area contributed by atoms with Crippen molar-refractivity contribution < 1.29 is 14.6 Å². The summed E-state index contributed by atoms with van der Waals surface area (Å²) in [4.78, 5) is 11.4. The van der Waals surface area contributed by atoms with Gasteiger partial charge < -0.3 is 20.5 Å². The van der Waals surface area contributed by atoms with E-state index in [9.17, 15) is 9.90 Å². The van der Waals surface area contributed by atoms with Gasteiger partial charge in [0.15, 0.2) is 11.5 Å². The molecule has 0 saturated heterocycles. The topological polar surface area (TPSA) is 70.6 Å². The number of phenolic OH excluding ortho intramolecular Hbond substituents is 1. The van der Waals surface area contributed by atoms with Gasteiger partial charge in [0, 0.05) is 24.2 Å². The standard InChI is InChI=1S/C21H22N2O3/c1-12(24)22-14-7-8-18-17(11-14)15-4-3-5-16(15)21(23-18)13-6-9-20(26-2)19(25)10-13/h3-4,6-11,15-16,21,23,25H,5H2,1-2H3,(H,22,24). The number of phenols is 1. The summed E-state index contributed by atoms with van der Waals surface area (Å²) in [6, 6.07) is 11.7. The van der Waals surface area contributed by atoms with Gasteiger partial charge in [0.25, 0.3) is 0 Å². The van der Waals surface area contributed by atoms with E-state index in [4.69, 9.17) is 4.74 Å². The largest absolute Gasteiger partial charge is 0.504 e. The van der Waals surface area contributed by atoms with Crippen LogP contribution in [0.3, 0.4) is 0 Å². The van der Waals surface area contributed by atoms with Gasteiger partial charge in [-0.25, -0.2) is 0 Å². The number of carbonyl (C=O) groups excluding carboxylic acids is 1. The normalized spacial score (nSPS) is 22.9. The second-order valence-corrected chi connectivity index (χ2v) is 6.89. The molecule has 0 saturated carbocycles. The minimum absolute atomic E-state index is 0.0705. The summed E-state index contributed by atoms with van der Waals surface area (Å²) < 4.78 is 5.16. The van der Waals surface area contributed by atoms with Crippen molar-refractivity contribution >= 4 is 17.3 Å². The third kappa shape index (κ3) is 2.79. The van der Waals surface area contributed by atoms with Gasteiger partial charge in [-0.2, -0.15) is 0 Å². The van der Waals surface area contributed by atoms with Gasteiger partial charge in [0.2, 0.25) is 5.91 Å². The Morgan fingerprint density at radius 1 is 1.27 bits per heavy atom. The van der Waals surface area contributed by atoms with Crippen LogP contribution in [0, 0.1) is 5.92 Å². The summed E-state index contributed by atoms with van der Waals surface area (Å²) in [6.45, 7) is 1.52. The molecule has 5 nitrogen and oxygen atoms in total. The fourth-order valence-corrected chi connectivity index (χ4v) is 4.11. The van der Waals surface area contributed by atoms with Crippen LogP contribution in [0.4, 0.5) is 11.4 Å². The molecule has 0 radical (unpaired) electrons. The Morgan fingerprint density at radius 2 is 2.12 bits per heavy atom. The van der Waals surface area contributed by atoms with Crippen LogP contribution in [-0.4, -0.2) is 18.1 Å². The van der Waals surface area contributed by atoms with Crippen molar-refractivity contribution in [1.82, 2.24) is 0 Å². The maximum atomic E-state index is 11.4. The number of fused-ring (bicyclic) bond motifs is 3. The van der Waals surface area contributed by atoms with Crippen molar-refractivity contribution in [3.05, 3.63) is 59.7 Å². The lowest BCUT2D eigenvalue weighted by molar-refractivity contribution is -0.114. The molecule has 0 aromatic heterocycles. The number of allylic oxidation sites excluding steroid dienone is 2. The van der Waals surface area contributed by atoms with Gasteiger partial charge in [-0.3, -0.25) is 4.79 Å². The first kappa shape index (κ1) is 16.5. The molecule has 2 aliphatic rings. The minimum atomic E-state index is -0.0705. The van der Waals surface area contributed by atoms with Crippen molar-refractivity contribution in [2.75, 3.05) is 17.7 Å². The molecule has 2 aromatic rings. The fraction of sp³-hybridized carbons (Fsp3) is 0.286. The SMILES string of the molecule is COc1ccc(C2Nc3ccc(NC(C)=O)cc3C3C=CCC32)cc1O. The smallest absolute Gasteiger partial charge is 0.221 e. The van der Waals surface area contributed by atoms with Crippen molar-refractivity contribution in [1.29, 1.82) is 0 Å². The number of carbonyl (C=O) groups is 1. The van der Waals surface area contributed by atoms with Crippen LogP contribution in [0.15, 0.2) is 48.6 Å².